The Morgan fingerprint density at radius 2 is 1.88 bits per heavy atom. The van der Waals surface area contributed by atoms with E-state index in [1.54, 1.807) is 17.8 Å². The maximum Gasteiger partial charge on any atom is 0.416 e. The molecule has 24 heavy (non-hydrogen) atoms. The minimum Gasteiger partial charge on any atom is -0.362 e. The average Bonchev–Trinajstić information content (AvgIpc) is 3.05. The van der Waals surface area contributed by atoms with Gasteiger partial charge in [-0.25, -0.2) is 9.67 Å². The first-order valence-corrected chi connectivity index (χ1v) is 7.21. The summed E-state index contributed by atoms with van der Waals surface area (Å²) in [5.41, 5.74) is 0.693. The molecule has 2 aromatic heterocycles. The van der Waals surface area contributed by atoms with Crippen molar-refractivity contribution in [3.05, 3.63) is 66.1 Å². The Labute approximate surface area is 136 Å². The number of nitrogens with one attached hydrogen (secondary N) is 1. The van der Waals surface area contributed by atoms with Crippen molar-refractivity contribution in [2.24, 2.45) is 0 Å². The van der Waals surface area contributed by atoms with Gasteiger partial charge < -0.3 is 5.32 Å². The first kappa shape index (κ1) is 16.0. The van der Waals surface area contributed by atoms with Gasteiger partial charge in [-0.05, 0) is 31.2 Å². The summed E-state index contributed by atoms with van der Waals surface area (Å²) in [5, 5.41) is 11.0. The molecule has 0 saturated carbocycles. The van der Waals surface area contributed by atoms with Crippen molar-refractivity contribution in [2.75, 3.05) is 5.32 Å². The highest BCUT2D eigenvalue weighted by atomic mass is 19.4. The third-order valence-corrected chi connectivity index (χ3v) is 3.43. The van der Waals surface area contributed by atoms with Crippen molar-refractivity contribution in [1.82, 2.24) is 20.0 Å². The lowest BCUT2D eigenvalue weighted by atomic mass is 10.2. The van der Waals surface area contributed by atoms with Crippen molar-refractivity contribution in [2.45, 2.75) is 19.1 Å². The minimum absolute atomic E-state index is 0.131. The van der Waals surface area contributed by atoms with E-state index in [0.29, 0.717) is 5.69 Å². The summed E-state index contributed by atoms with van der Waals surface area (Å²) in [6.45, 7) is 1.78. The second-order valence-electron chi connectivity index (χ2n) is 5.22. The third-order valence-electron chi connectivity index (χ3n) is 3.43. The molecule has 0 aliphatic rings. The van der Waals surface area contributed by atoms with Crippen molar-refractivity contribution < 1.29 is 13.2 Å². The van der Waals surface area contributed by atoms with E-state index in [0.717, 1.165) is 24.0 Å². The van der Waals surface area contributed by atoms with Crippen molar-refractivity contribution in [3.63, 3.8) is 0 Å². The van der Waals surface area contributed by atoms with Gasteiger partial charge in [-0.1, -0.05) is 23.4 Å². The van der Waals surface area contributed by atoms with Crippen LogP contribution in [0.4, 0.5) is 19.0 Å². The van der Waals surface area contributed by atoms with Crippen LogP contribution in [0.15, 0.2) is 54.9 Å². The lowest BCUT2D eigenvalue weighted by Crippen LogP contribution is -2.11. The van der Waals surface area contributed by atoms with Gasteiger partial charge in [0.1, 0.15) is 11.5 Å². The Bertz CT molecular complexity index is 814. The number of nitrogens with zero attached hydrogens (tertiary/aromatic N) is 4. The van der Waals surface area contributed by atoms with Crippen LogP contribution in [0.1, 0.15) is 24.2 Å². The minimum atomic E-state index is -4.40. The Morgan fingerprint density at radius 3 is 2.58 bits per heavy atom. The molecular weight excluding hydrogens is 319 g/mol. The molecule has 0 aliphatic heterocycles. The number of aromatic nitrogens is 4. The van der Waals surface area contributed by atoms with Crippen LogP contribution in [0.2, 0.25) is 0 Å². The van der Waals surface area contributed by atoms with Gasteiger partial charge in [-0.2, -0.15) is 13.2 Å². The average molecular weight is 333 g/mol. The van der Waals surface area contributed by atoms with Crippen molar-refractivity contribution in [3.8, 4) is 5.69 Å². The Morgan fingerprint density at radius 1 is 1.12 bits per heavy atom. The van der Waals surface area contributed by atoms with E-state index in [2.05, 4.69) is 20.6 Å². The molecule has 1 N–H and O–H groups in total. The van der Waals surface area contributed by atoms with E-state index >= 15 is 0 Å². The number of rotatable bonds is 4. The first-order valence-electron chi connectivity index (χ1n) is 7.21. The van der Waals surface area contributed by atoms with Crippen molar-refractivity contribution in [1.29, 1.82) is 0 Å². The second kappa shape index (κ2) is 6.31. The highest BCUT2D eigenvalue weighted by molar-refractivity contribution is 5.40. The molecule has 0 aliphatic carbocycles. The van der Waals surface area contributed by atoms with Crippen LogP contribution in [-0.4, -0.2) is 20.0 Å². The van der Waals surface area contributed by atoms with Crippen LogP contribution < -0.4 is 5.32 Å². The molecule has 0 amide bonds. The van der Waals surface area contributed by atoms with Crippen LogP contribution in [-0.2, 0) is 6.18 Å². The summed E-state index contributed by atoms with van der Waals surface area (Å²) < 4.78 is 39.8. The molecule has 0 bridgehead atoms. The standard InChI is InChI=1S/C16H14F3N5/c1-11(21-15-9-12(7-8-20-15)16(17,18)19)14-10-24(23-22-14)13-5-3-2-4-6-13/h2-11H,1H3,(H,20,21). The van der Waals surface area contributed by atoms with Crippen LogP contribution >= 0.6 is 0 Å². The van der Waals surface area contributed by atoms with E-state index in [4.69, 9.17) is 0 Å². The molecule has 0 radical (unpaired) electrons. The highest BCUT2D eigenvalue weighted by Gasteiger charge is 2.30. The van der Waals surface area contributed by atoms with E-state index in [9.17, 15) is 13.2 Å². The SMILES string of the molecule is CC(Nc1cc(C(F)(F)F)ccn1)c1cn(-c2ccccc2)nn1. The van der Waals surface area contributed by atoms with E-state index in [1.165, 1.54) is 0 Å². The van der Waals surface area contributed by atoms with Gasteiger partial charge in [0.25, 0.3) is 0 Å². The van der Waals surface area contributed by atoms with Crippen LogP contribution in [0.5, 0.6) is 0 Å². The molecule has 0 spiro atoms. The quantitative estimate of drug-likeness (QED) is 0.788. The largest absolute Gasteiger partial charge is 0.416 e. The number of para-hydroxylation sites is 1. The molecule has 1 aromatic carbocycles. The zero-order valence-corrected chi connectivity index (χ0v) is 12.7. The number of benzene rings is 1. The van der Waals surface area contributed by atoms with Gasteiger partial charge in [0, 0.05) is 6.20 Å². The Kier molecular flexibility index (Phi) is 4.20. The molecule has 1 atom stereocenters. The van der Waals surface area contributed by atoms with Crippen LogP contribution in [0.3, 0.4) is 0 Å². The fraction of sp³-hybridized carbons (Fsp3) is 0.188. The summed E-state index contributed by atoms with van der Waals surface area (Å²) in [6, 6.07) is 11.0. The molecule has 1 unspecified atom stereocenters. The summed E-state index contributed by atoms with van der Waals surface area (Å²) in [7, 11) is 0. The number of halogens is 3. The maximum absolute atomic E-state index is 12.7. The summed E-state index contributed by atoms with van der Waals surface area (Å²) in [5.74, 6) is 0.131. The monoisotopic (exact) mass is 333 g/mol. The zero-order valence-electron chi connectivity index (χ0n) is 12.7. The molecule has 8 heteroatoms. The van der Waals surface area contributed by atoms with Gasteiger partial charge in [-0.15, -0.1) is 5.10 Å². The lowest BCUT2D eigenvalue weighted by molar-refractivity contribution is -0.137. The normalized spacial score (nSPS) is 12.8. The number of alkyl halides is 3. The Hall–Kier alpha value is -2.90. The summed E-state index contributed by atoms with van der Waals surface area (Å²) in [4.78, 5) is 3.92. The third kappa shape index (κ3) is 3.53. The van der Waals surface area contributed by atoms with Crippen LogP contribution in [0.25, 0.3) is 5.69 Å². The maximum atomic E-state index is 12.7. The van der Waals surface area contributed by atoms with Gasteiger partial charge >= 0.3 is 6.18 Å². The first-order chi connectivity index (χ1) is 11.4. The number of hydrogen-bond donors (Lipinski definition) is 1. The molecule has 124 valence electrons. The second-order valence-corrected chi connectivity index (χ2v) is 5.22. The molecule has 3 rings (SSSR count). The van der Waals surface area contributed by atoms with Gasteiger partial charge in [0.05, 0.1) is 23.5 Å². The van der Waals surface area contributed by atoms with Gasteiger partial charge in [0.2, 0.25) is 0 Å². The number of anilines is 1. The lowest BCUT2D eigenvalue weighted by Gasteiger charge is -2.13. The summed E-state index contributed by atoms with van der Waals surface area (Å²) >= 11 is 0. The molecule has 2 heterocycles. The zero-order chi connectivity index (χ0) is 17.2. The smallest absolute Gasteiger partial charge is 0.362 e. The topological polar surface area (TPSA) is 55.6 Å². The molecule has 0 saturated heterocycles. The molecule has 0 fully saturated rings. The summed E-state index contributed by atoms with van der Waals surface area (Å²) in [6.07, 6.45) is -1.56. The van der Waals surface area contributed by atoms with Gasteiger partial charge in [-0.3, -0.25) is 0 Å². The van der Waals surface area contributed by atoms with E-state index in [-0.39, 0.29) is 11.9 Å². The number of pyridine rings is 1. The van der Waals surface area contributed by atoms with Crippen molar-refractivity contribution >= 4 is 5.82 Å². The highest BCUT2D eigenvalue weighted by Crippen LogP contribution is 2.30. The fourth-order valence-corrected chi connectivity index (χ4v) is 2.16. The van der Waals surface area contributed by atoms with Crippen LogP contribution in [0, 0.1) is 0 Å². The van der Waals surface area contributed by atoms with E-state index < -0.39 is 11.7 Å². The molecule has 3 aromatic rings. The predicted octanol–water partition coefficient (Wildman–Crippen LogP) is 3.85. The number of hydrogen-bond acceptors (Lipinski definition) is 4. The molecular formula is C16H14F3N5. The molecule has 5 nitrogen and oxygen atoms in total. The van der Waals surface area contributed by atoms with Gasteiger partial charge in [0.15, 0.2) is 0 Å². The Balaban J connectivity index is 1.76. The predicted molar refractivity (Wildman–Crippen MR) is 82.6 cm³/mol. The van der Waals surface area contributed by atoms with E-state index in [1.807, 2.05) is 30.3 Å². The fourth-order valence-electron chi connectivity index (χ4n) is 2.16.